The Balaban J connectivity index is 2.43. The SMILES string of the molecule is Cc1ccc(C#N)cc1Nc1ccc([N+](=O)[O-])cc1C#N. The lowest BCUT2D eigenvalue weighted by Gasteiger charge is -2.11. The first-order valence-corrected chi connectivity index (χ1v) is 6.01. The van der Waals surface area contributed by atoms with Gasteiger partial charge in [-0.3, -0.25) is 10.1 Å². The summed E-state index contributed by atoms with van der Waals surface area (Å²) in [6, 6.07) is 13.1. The van der Waals surface area contributed by atoms with Gasteiger partial charge in [0.05, 0.1) is 27.8 Å². The summed E-state index contributed by atoms with van der Waals surface area (Å²) in [7, 11) is 0. The molecule has 0 spiro atoms. The van der Waals surface area contributed by atoms with Crippen molar-refractivity contribution in [2.45, 2.75) is 6.92 Å². The normalized spacial score (nSPS) is 9.48. The topological polar surface area (TPSA) is 103 Å². The Hall–Kier alpha value is -3.38. The zero-order valence-corrected chi connectivity index (χ0v) is 11.1. The van der Waals surface area contributed by atoms with Gasteiger partial charge in [-0.25, -0.2) is 0 Å². The third kappa shape index (κ3) is 2.96. The van der Waals surface area contributed by atoms with Crippen LogP contribution in [0.5, 0.6) is 0 Å². The van der Waals surface area contributed by atoms with Gasteiger partial charge in [0, 0.05) is 17.8 Å². The number of anilines is 2. The Bertz CT molecular complexity index is 800. The van der Waals surface area contributed by atoms with Crippen LogP contribution in [0.2, 0.25) is 0 Å². The van der Waals surface area contributed by atoms with E-state index in [1.54, 1.807) is 18.2 Å². The maximum Gasteiger partial charge on any atom is 0.270 e. The molecule has 0 aliphatic rings. The van der Waals surface area contributed by atoms with Gasteiger partial charge in [0.25, 0.3) is 5.69 Å². The Morgan fingerprint density at radius 2 is 1.86 bits per heavy atom. The van der Waals surface area contributed by atoms with Gasteiger partial charge in [-0.15, -0.1) is 0 Å². The number of hydrogen-bond donors (Lipinski definition) is 1. The number of nitro groups is 1. The van der Waals surface area contributed by atoms with Crippen LogP contribution in [-0.4, -0.2) is 4.92 Å². The Morgan fingerprint density at radius 3 is 2.48 bits per heavy atom. The Morgan fingerprint density at radius 1 is 1.10 bits per heavy atom. The number of nitrogens with one attached hydrogen (secondary N) is 1. The molecule has 0 aliphatic carbocycles. The molecule has 0 saturated carbocycles. The molecular weight excluding hydrogens is 268 g/mol. The second-order valence-corrected chi connectivity index (χ2v) is 4.37. The van der Waals surface area contributed by atoms with Crippen molar-refractivity contribution in [1.29, 1.82) is 10.5 Å². The first-order valence-electron chi connectivity index (χ1n) is 6.01. The second kappa shape index (κ2) is 5.72. The predicted octanol–water partition coefficient (Wildman–Crippen LogP) is 3.39. The van der Waals surface area contributed by atoms with Crippen LogP contribution >= 0.6 is 0 Å². The maximum atomic E-state index is 10.7. The fourth-order valence-corrected chi connectivity index (χ4v) is 1.82. The zero-order valence-electron chi connectivity index (χ0n) is 11.1. The summed E-state index contributed by atoms with van der Waals surface area (Å²) >= 11 is 0. The van der Waals surface area contributed by atoms with Crippen molar-refractivity contribution >= 4 is 17.1 Å². The number of nitro benzene ring substituents is 1. The minimum absolute atomic E-state index is 0.139. The molecule has 0 amide bonds. The number of hydrogen-bond acceptors (Lipinski definition) is 5. The van der Waals surface area contributed by atoms with Gasteiger partial charge in [-0.1, -0.05) is 6.07 Å². The van der Waals surface area contributed by atoms with Crippen LogP contribution in [0.4, 0.5) is 17.1 Å². The quantitative estimate of drug-likeness (QED) is 0.684. The van der Waals surface area contributed by atoms with Crippen LogP contribution < -0.4 is 5.32 Å². The maximum absolute atomic E-state index is 10.7. The van der Waals surface area contributed by atoms with Crippen LogP contribution in [0.1, 0.15) is 16.7 Å². The predicted molar refractivity (Wildman–Crippen MR) is 77.0 cm³/mol. The third-order valence-electron chi connectivity index (χ3n) is 2.97. The summed E-state index contributed by atoms with van der Waals surface area (Å²) in [4.78, 5) is 10.2. The molecule has 0 atom stereocenters. The molecule has 2 aromatic rings. The average molecular weight is 278 g/mol. The molecule has 6 heteroatoms. The van der Waals surface area contributed by atoms with Crippen molar-refractivity contribution in [2.75, 3.05) is 5.32 Å². The first kappa shape index (κ1) is 14.0. The molecule has 2 rings (SSSR count). The molecule has 0 heterocycles. The number of benzene rings is 2. The second-order valence-electron chi connectivity index (χ2n) is 4.37. The molecule has 0 unspecified atom stereocenters. The highest BCUT2D eigenvalue weighted by molar-refractivity contribution is 5.71. The van der Waals surface area contributed by atoms with Crippen molar-refractivity contribution < 1.29 is 4.92 Å². The molecule has 0 bridgehead atoms. The molecule has 102 valence electrons. The molecular formula is C15H10N4O2. The highest BCUT2D eigenvalue weighted by atomic mass is 16.6. The van der Waals surface area contributed by atoms with E-state index in [2.05, 4.69) is 5.32 Å². The molecule has 1 N–H and O–H groups in total. The minimum atomic E-state index is -0.549. The lowest BCUT2D eigenvalue weighted by Crippen LogP contribution is -1.98. The summed E-state index contributed by atoms with van der Waals surface area (Å²) in [5, 5.41) is 31.8. The summed E-state index contributed by atoms with van der Waals surface area (Å²) in [5.74, 6) is 0. The third-order valence-corrected chi connectivity index (χ3v) is 2.97. The van der Waals surface area contributed by atoms with E-state index < -0.39 is 4.92 Å². The van der Waals surface area contributed by atoms with Crippen molar-refractivity contribution in [2.24, 2.45) is 0 Å². The van der Waals surface area contributed by atoms with E-state index in [1.165, 1.54) is 18.2 Å². The van der Waals surface area contributed by atoms with Gasteiger partial charge in [-0.05, 0) is 30.7 Å². The van der Waals surface area contributed by atoms with E-state index in [9.17, 15) is 10.1 Å². The average Bonchev–Trinajstić information content (AvgIpc) is 2.49. The number of rotatable bonds is 3. The smallest absolute Gasteiger partial charge is 0.270 e. The fraction of sp³-hybridized carbons (Fsp3) is 0.0667. The van der Waals surface area contributed by atoms with Crippen molar-refractivity contribution in [3.05, 3.63) is 63.2 Å². The van der Waals surface area contributed by atoms with Crippen molar-refractivity contribution in [1.82, 2.24) is 0 Å². The molecule has 0 aromatic heterocycles. The minimum Gasteiger partial charge on any atom is -0.354 e. The molecule has 2 aromatic carbocycles. The van der Waals surface area contributed by atoms with Gasteiger partial charge in [0.15, 0.2) is 0 Å². The van der Waals surface area contributed by atoms with E-state index in [-0.39, 0.29) is 11.3 Å². The van der Waals surface area contributed by atoms with Crippen LogP contribution in [0.15, 0.2) is 36.4 Å². The van der Waals surface area contributed by atoms with Gasteiger partial charge in [-0.2, -0.15) is 10.5 Å². The van der Waals surface area contributed by atoms with Gasteiger partial charge < -0.3 is 5.32 Å². The van der Waals surface area contributed by atoms with Crippen LogP contribution in [0, 0.1) is 39.7 Å². The molecule has 0 radical (unpaired) electrons. The molecule has 21 heavy (non-hydrogen) atoms. The van der Waals surface area contributed by atoms with E-state index in [4.69, 9.17) is 10.5 Å². The van der Waals surface area contributed by atoms with Crippen molar-refractivity contribution in [3.8, 4) is 12.1 Å². The summed E-state index contributed by atoms with van der Waals surface area (Å²) < 4.78 is 0. The highest BCUT2D eigenvalue weighted by Gasteiger charge is 2.11. The molecule has 0 saturated heterocycles. The van der Waals surface area contributed by atoms with Crippen LogP contribution in [0.3, 0.4) is 0 Å². The van der Waals surface area contributed by atoms with E-state index in [0.717, 1.165) is 5.56 Å². The van der Waals surface area contributed by atoms with Gasteiger partial charge in [0.2, 0.25) is 0 Å². The number of aryl methyl sites for hydroxylation is 1. The fourth-order valence-electron chi connectivity index (χ4n) is 1.82. The van der Waals surface area contributed by atoms with Crippen molar-refractivity contribution in [3.63, 3.8) is 0 Å². The van der Waals surface area contributed by atoms with E-state index in [0.29, 0.717) is 16.9 Å². The number of non-ortho nitro benzene ring substituents is 1. The van der Waals surface area contributed by atoms with Crippen LogP contribution in [0.25, 0.3) is 0 Å². The number of nitrogens with zero attached hydrogens (tertiary/aromatic N) is 3. The monoisotopic (exact) mass is 278 g/mol. The zero-order chi connectivity index (χ0) is 15.4. The van der Waals surface area contributed by atoms with Gasteiger partial charge in [0.1, 0.15) is 6.07 Å². The standard InChI is InChI=1S/C15H10N4O2/c1-10-2-3-11(8-16)6-15(10)18-14-5-4-13(19(20)21)7-12(14)9-17/h2-7,18H,1H3. The van der Waals surface area contributed by atoms with E-state index in [1.807, 2.05) is 19.1 Å². The lowest BCUT2D eigenvalue weighted by molar-refractivity contribution is -0.384. The molecule has 0 aliphatic heterocycles. The lowest BCUT2D eigenvalue weighted by atomic mass is 10.1. The Labute approximate surface area is 121 Å². The molecule has 6 nitrogen and oxygen atoms in total. The number of nitriles is 2. The summed E-state index contributed by atoms with van der Waals surface area (Å²) in [6.07, 6.45) is 0. The van der Waals surface area contributed by atoms with Crippen LogP contribution in [-0.2, 0) is 0 Å². The summed E-state index contributed by atoms with van der Waals surface area (Å²) in [6.45, 7) is 1.86. The highest BCUT2D eigenvalue weighted by Crippen LogP contribution is 2.27. The largest absolute Gasteiger partial charge is 0.354 e. The first-order chi connectivity index (χ1) is 10.0. The Kier molecular flexibility index (Phi) is 3.83. The molecule has 0 fully saturated rings. The summed E-state index contributed by atoms with van der Waals surface area (Å²) in [5.41, 5.74) is 2.56. The van der Waals surface area contributed by atoms with Gasteiger partial charge >= 0.3 is 0 Å². The van der Waals surface area contributed by atoms with E-state index >= 15 is 0 Å².